The number of carbonyl (C=O) groups excluding carboxylic acids is 2. The Bertz CT molecular complexity index is 516. The summed E-state index contributed by atoms with van der Waals surface area (Å²) in [7, 11) is 1.62. The Hall–Kier alpha value is -2.04. The molecule has 20 heavy (non-hydrogen) atoms. The van der Waals surface area contributed by atoms with Crippen molar-refractivity contribution in [3.63, 3.8) is 0 Å². The minimum absolute atomic E-state index is 0.0107. The van der Waals surface area contributed by atoms with Gasteiger partial charge in [0.1, 0.15) is 11.8 Å². The molecular weight excluding hydrogens is 256 g/mol. The van der Waals surface area contributed by atoms with E-state index in [1.807, 2.05) is 31.2 Å². The van der Waals surface area contributed by atoms with Gasteiger partial charge in [0.05, 0.1) is 7.11 Å². The van der Waals surface area contributed by atoms with Crippen LogP contribution in [0, 0.1) is 0 Å². The highest BCUT2D eigenvalue weighted by Crippen LogP contribution is 2.31. The van der Waals surface area contributed by atoms with Gasteiger partial charge in [-0.2, -0.15) is 0 Å². The van der Waals surface area contributed by atoms with Crippen LogP contribution in [0.15, 0.2) is 24.3 Å². The largest absolute Gasteiger partial charge is 0.497 e. The van der Waals surface area contributed by atoms with Crippen molar-refractivity contribution in [3.05, 3.63) is 29.8 Å². The molecule has 2 atom stereocenters. The van der Waals surface area contributed by atoms with E-state index in [0.717, 1.165) is 11.3 Å². The van der Waals surface area contributed by atoms with Gasteiger partial charge in [0.2, 0.25) is 11.8 Å². The van der Waals surface area contributed by atoms with Crippen molar-refractivity contribution in [2.75, 3.05) is 13.7 Å². The Morgan fingerprint density at radius 3 is 2.90 bits per heavy atom. The van der Waals surface area contributed by atoms with Crippen LogP contribution in [-0.4, -0.2) is 36.4 Å². The fraction of sp³-hybridized carbons (Fsp3) is 0.467. The SMILES string of the molecule is CC[C@H](C(N)=O)N1CC(c2cccc(OC)c2)CC1=O. The van der Waals surface area contributed by atoms with E-state index in [1.54, 1.807) is 12.0 Å². The summed E-state index contributed by atoms with van der Waals surface area (Å²) in [5.74, 6) is 0.414. The first-order valence-electron chi connectivity index (χ1n) is 6.79. The van der Waals surface area contributed by atoms with Gasteiger partial charge in [0.25, 0.3) is 0 Å². The van der Waals surface area contributed by atoms with Crippen LogP contribution < -0.4 is 10.5 Å². The van der Waals surface area contributed by atoms with Gasteiger partial charge in [-0.15, -0.1) is 0 Å². The van der Waals surface area contributed by atoms with E-state index in [2.05, 4.69) is 0 Å². The predicted octanol–water partition coefficient (Wildman–Crippen LogP) is 1.27. The van der Waals surface area contributed by atoms with Crippen LogP contribution in [0.1, 0.15) is 31.2 Å². The highest BCUT2D eigenvalue weighted by atomic mass is 16.5. The van der Waals surface area contributed by atoms with Crippen molar-refractivity contribution in [1.82, 2.24) is 4.90 Å². The summed E-state index contributed by atoms with van der Waals surface area (Å²) in [5.41, 5.74) is 6.42. The number of hydrogen-bond acceptors (Lipinski definition) is 3. The quantitative estimate of drug-likeness (QED) is 0.880. The topological polar surface area (TPSA) is 72.6 Å². The number of primary amides is 1. The van der Waals surface area contributed by atoms with E-state index in [9.17, 15) is 9.59 Å². The summed E-state index contributed by atoms with van der Waals surface area (Å²) in [6, 6.07) is 7.20. The molecule has 0 spiro atoms. The molecule has 1 aromatic rings. The smallest absolute Gasteiger partial charge is 0.240 e. The van der Waals surface area contributed by atoms with Gasteiger partial charge in [-0.1, -0.05) is 19.1 Å². The molecule has 1 heterocycles. The van der Waals surface area contributed by atoms with E-state index in [1.165, 1.54) is 0 Å². The molecule has 2 rings (SSSR count). The van der Waals surface area contributed by atoms with Crippen molar-refractivity contribution in [3.8, 4) is 5.75 Å². The normalized spacial score (nSPS) is 20.0. The molecule has 0 aromatic heterocycles. The number of methoxy groups -OCH3 is 1. The van der Waals surface area contributed by atoms with Crippen LogP contribution >= 0.6 is 0 Å². The zero-order valence-electron chi connectivity index (χ0n) is 11.8. The molecule has 1 aliphatic rings. The van der Waals surface area contributed by atoms with Gasteiger partial charge < -0.3 is 15.4 Å². The number of hydrogen-bond donors (Lipinski definition) is 1. The zero-order chi connectivity index (χ0) is 14.7. The van der Waals surface area contributed by atoms with E-state index >= 15 is 0 Å². The van der Waals surface area contributed by atoms with Crippen LogP contribution in [0.25, 0.3) is 0 Å². The van der Waals surface area contributed by atoms with Gasteiger partial charge in [-0.05, 0) is 24.1 Å². The third kappa shape index (κ3) is 2.76. The number of amides is 2. The molecule has 5 nitrogen and oxygen atoms in total. The van der Waals surface area contributed by atoms with E-state index in [0.29, 0.717) is 19.4 Å². The van der Waals surface area contributed by atoms with Crippen LogP contribution in [0.5, 0.6) is 5.75 Å². The number of nitrogens with two attached hydrogens (primary N) is 1. The Kier molecular flexibility index (Phi) is 4.27. The molecule has 0 radical (unpaired) electrons. The Balaban J connectivity index is 2.17. The molecule has 0 saturated carbocycles. The minimum Gasteiger partial charge on any atom is -0.497 e. The summed E-state index contributed by atoms with van der Waals surface area (Å²) in [6.07, 6.45) is 0.961. The number of nitrogens with zero attached hydrogens (tertiary/aromatic N) is 1. The third-order valence-corrected chi connectivity index (χ3v) is 3.81. The number of likely N-dealkylation sites (tertiary alicyclic amines) is 1. The van der Waals surface area contributed by atoms with E-state index < -0.39 is 11.9 Å². The highest BCUT2D eigenvalue weighted by molar-refractivity contribution is 5.88. The number of carbonyl (C=O) groups is 2. The van der Waals surface area contributed by atoms with Crippen LogP contribution in [0.3, 0.4) is 0 Å². The molecule has 1 fully saturated rings. The predicted molar refractivity (Wildman–Crippen MR) is 75.3 cm³/mol. The molecule has 1 aromatic carbocycles. The first-order valence-corrected chi connectivity index (χ1v) is 6.79. The highest BCUT2D eigenvalue weighted by Gasteiger charge is 2.36. The maximum absolute atomic E-state index is 12.1. The van der Waals surface area contributed by atoms with Crippen LogP contribution in [-0.2, 0) is 9.59 Å². The monoisotopic (exact) mass is 276 g/mol. The second-order valence-corrected chi connectivity index (χ2v) is 5.05. The lowest BCUT2D eigenvalue weighted by atomic mass is 9.98. The fourth-order valence-corrected chi connectivity index (χ4v) is 2.73. The molecule has 1 saturated heterocycles. The maximum atomic E-state index is 12.1. The van der Waals surface area contributed by atoms with Gasteiger partial charge in [-0.3, -0.25) is 9.59 Å². The first-order chi connectivity index (χ1) is 9.56. The molecule has 0 aliphatic carbocycles. The summed E-state index contributed by atoms with van der Waals surface area (Å²) in [4.78, 5) is 25.1. The van der Waals surface area contributed by atoms with E-state index in [4.69, 9.17) is 10.5 Å². The molecule has 2 amide bonds. The molecule has 108 valence electrons. The average molecular weight is 276 g/mol. The molecule has 1 aliphatic heterocycles. The molecule has 0 bridgehead atoms. The minimum atomic E-state index is -0.502. The Morgan fingerprint density at radius 2 is 2.30 bits per heavy atom. The van der Waals surface area contributed by atoms with Crippen molar-refractivity contribution in [1.29, 1.82) is 0 Å². The fourth-order valence-electron chi connectivity index (χ4n) is 2.73. The lowest BCUT2D eigenvalue weighted by Crippen LogP contribution is -2.45. The lowest BCUT2D eigenvalue weighted by molar-refractivity contribution is -0.136. The third-order valence-electron chi connectivity index (χ3n) is 3.81. The standard InChI is InChI=1S/C15H20N2O3/c1-3-13(15(16)19)17-9-11(8-14(17)18)10-5-4-6-12(7-10)20-2/h4-7,11,13H,3,8-9H2,1-2H3,(H2,16,19)/t11?,13-/m1/s1. The van der Waals surface area contributed by atoms with Crippen molar-refractivity contribution in [2.24, 2.45) is 5.73 Å². The number of rotatable bonds is 5. The summed E-state index contributed by atoms with van der Waals surface area (Å²) >= 11 is 0. The molecule has 5 heteroatoms. The number of ether oxygens (including phenoxy) is 1. The second-order valence-electron chi connectivity index (χ2n) is 5.05. The zero-order valence-corrected chi connectivity index (χ0v) is 11.8. The first kappa shape index (κ1) is 14.4. The van der Waals surface area contributed by atoms with Crippen molar-refractivity contribution < 1.29 is 14.3 Å². The van der Waals surface area contributed by atoms with Crippen molar-refractivity contribution >= 4 is 11.8 Å². The lowest BCUT2D eigenvalue weighted by Gasteiger charge is -2.24. The Morgan fingerprint density at radius 1 is 1.55 bits per heavy atom. The molecular formula is C15H20N2O3. The molecule has 1 unspecified atom stereocenters. The van der Waals surface area contributed by atoms with Crippen LogP contribution in [0.2, 0.25) is 0 Å². The van der Waals surface area contributed by atoms with Crippen LogP contribution in [0.4, 0.5) is 0 Å². The van der Waals surface area contributed by atoms with Gasteiger partial charge in [-0.25, -0.2) is 0 Å². The van der Waals surface area contributed by atoms with E-state index in [-0.39, 0.29) is 11.8 Å². The summed E-state index contributed by atoms with van der Waals surface area (Å²) in [6.45, 7) is 2.40. The van der Waals surface area contributed by atoms with Crippen molar-refractivity contribution in [2.45, 2.75) is 31.7 Å². The molecule has 2 N–H and O–H groups in total. The average Bonchev–Trinajstić information content (AvgIpc) is 2.81. The van der Waals surface area contributed by atoms with Gasteiger partial charge in [0.15, 0.2) is 0 Å². The Labute approximate surface area is 118 Å². The number of benzene rings is 1. The summed E-state index contributed by atoms with van der Waals surface area (Å²) in [5, 5.41) is 0. The summed E-state index contributed by atoms with van der Waals surface area (Å²) < 4.78 is 5.20. The maximum Gasteiger partial charge on any atom is 0.240 e. The van der Waals surface area contributed by atoms with Gasteiger partial charge in [0, 0.05) is 18.9 Å². The second kappa shape index (κ2) is 5.94. The van der Waals surface area contributed by atoms with Gasteiger partial charge >= 0.3 is 0 Å².